The topological polar surface area (TPSA) is 38.3 Å². The van der Waals surface area contributed by atoms with E-state index in [-0.39, 0.29) is 12.5 Å². The normalized spacial score (nSPS) is 10.4. The second kappa shape index (κ2) is 7.79. The first-order valence-corrected chi connectivity index (χ1v) is 8.55. The molecule has 3 nitrogen and oxygen atoms in total. The van der Waals surface area contributed by atoms with Crippen molar-refractivity contribution in [2.24, 2.45) is 0 Å². The quantitative estimate of drug-likeness (QED) is 0.722. The molecule has 1 amide bonds. The summed E-state index contributed by atoms with van der Waals surface area (Å²) >= 11 is 6.86. The highest BCUT2D eigenvalue weighted by molar-refractivity contribution is 9.10. The van der Waals surface area contributed by atoms with Crippen molar-refractivity contribution < 1.29 is 9.53 Å². The molecule has 0 fully saturated rings. The highest BCUT2D eigenvalue weighted by Crippen LogP contribution is 2.26. The van der Waals surface area contributed by atoms with Crippen LogP contribution in [-0.2, 0) is 11.2 Å². The third-order valence-electron chi connectivity index (χ3n) is 3.23. The molecule has 0 saturated carbocycles. The van der Waals surface area contributed by atoms with Crippen LogP contribution in [0.3, 0.4) is 0 Å². The van der Waals surface area contributed by atoms with E-state index in [9.17, 15) is 4.79 Å². The Hall–Kier alpha value is -1.33. The molecule has 5 heteroatoms. The van der Waals surface area contributed by atoms with Gasteiger partial charge in [-0.2, -0.15) is 0 Å². The third-order valence-corrected chi connectivity index (χ3v) is 4.34. The molecule has 0 aliphatic heterocycles. The summed E-state index contributed by atoms with van der Waals surface area (Å²) in [7, 11) is 0. The molecule has 0 spiro atoms. The second-order valence-electron chi connectivity index (χ2n) is 4.91. The summed E-state index contributed by atoms with van der Waals surface area (Å²) in [6, 6.07) is 11.6. The first-order valence-electron chi connectivity index (χ1n) is 6.97. The molecule has 1 N–H and O–H groups in total. The number of hydrogen-bond donors (Lipinski definition) is 1. The molecule has 0 unspecified atom stereocenters. The molecule has 0 aliphatic carbocycles. The SMILES string of the molecule is CCc1ccc(OCC(=O)Nc2ccc(Br)cc2C)c(Br)c1. The summed E-state index contributed by atoms with van der Waals surface area (Å²) in [5, 5.41) is 2.85. The fourth-order valence-electron chi connectivity index (χ4n) is 1.98. The van der Waals surface area contributed by atoms with Gasteiger partial charge in [-0.15, -0.1) is 0 Å². The van der Waals surface area contributed by atoms with Gasteiger partial charge in [-0.1, -0.05) is 28.9 Å². The number of carbonyl (C=O) groups is 1. The van der Waals surface area contributed by atoms with Crippen molar-refractivity contribution in [3.8, 4) is 5.75 Å². The fourth-order valence-corrected chi connectivity index (χ4v) is 2.99. The molecule has 0 aromatic heterocycles. The molecule has 0 saturated heterocycles. The Bertz CT molecular complexity index is 686. The Morgan fingerprint density at radius 2 is 1.95 bits per heavy atom. The molecule has 2 aromatic rings. The van der Waals surface area contributed by atoms with Gasteiger partial charge >= 0.3 is 0 Å². The van der Waals surface area contributed by atoms with Crippen molar-refractivity contribution in [1.82, 2.24) is 0 Å². The number of anilines is 1. The zero-order chi connectivity index (χ0) is 16.1. The Kier molecular flexibility index (Phi) is 6.03. The van der Waals surface area contributed by atoms with E-state index in [0.717, 1.165) is 26.6 Å². The summed E-state index contributed by atoms with van der Waals surface area (Å²) in [4.78, 5) is 12.0. The van der Waals surface area contributed by atoms with Crippen molar-refractivity contribution in [1.29, 1.82) is 0 Å². The van der Waals surface area contributed by atoms with E-state index >= 15 is 0 Å². The number of carbonyl (C=O) groups excluding carboxylic acids is 1. The lowest BCUT2D eigenvalue weighted by molar-refractivity contribution is -0.118. The standard InChI is InChI=1S/C17H17Br2NO2/c1-3-12-4-7-16(14(19)9-12)22-10-17(21)20-15-6-5-13(18)8-11(15)2/h4-9H,3,10H2,1-2H3,(H,20,21). The van der Waals surface area contributed by atoms with Gasteiger partial charge in [0.2, 0.25) is 0 Å². The Labute approximate surface area is 147 Å². The van der Waals surface area contributed by atoms with Crippen LogP contribution in [0.1, 0.15) is 18.1 Å². The Morgan fingerprint density at radius 1 is 1.18 bits per heavy atom. The lowest BCUT2D eigenvalue weighted by atomic mass is 10.2. The van der Waals surface area contributed by atoms with Crippen LogP contribution in [0.4, 0.5) is 5.69 Å². The maximum atomic E-state index is 12.0. The van der Waals surface area contributed by atoms with Gasteiger partial charge in [-0.05, 0) is 70.7 Å². The number of aryl methyl sites for hydroxylation is 2. The van der Waals surface area contributed by atoms with Crippen molar-refractivity contribution in [3.63, 3.8) is 0 Å². The van der Waals surface area contributed by atoms with Crippen LogP contribution in [0.5, 0.6) is 5.75 Å². The number of rotatable bonds is 5. The third kappa shape index (κ3) is 4.58. The summed E-state index contributed by atoms with van der Waals surface area (Å²) in [5.74, 6) is 0.483. The average molecular weight is 427 g/mol. The fraction of sp³-hybridized carbons (Fsp3) is 0.235. The average Bonchev–Trinajstić information content (AvgIpc) is 2.48. The number of benzene rings is 2. The number of halogens is 2. The molecular formula is C17H17Br2NO2. The van der Waals surface area contributed by atoms with E-state index in [1.54, 1.807) is 0 Å². The van der Waals surface area contributed by atoms with Gasteiger partial charge in [0, 0.05) is 10.2 Å². The van der Waals surface area contributed by atoms with Gasteiger partial charge in [0.05, 0.1) is 4.47 Å². The van der Waals surface area contributed by atoms with E-state index in [1.165, 1.54) is 5.56 Å². The maximum absolute atomic E-state index is 12.0. The van der Waals surface area contributed by atoms with Gasteiger partial charge in [-0.25, -0.2) is 0 Å². The minimum absolute atomic E-state index is 0.0282. The van der Waals surface area contributed by atoms with Crippen LogP contribution in [0.2, 0.25) is 0 Å². The van der Waals surface area contributed by atoms with E-state index in [4.69, 9.17) is 4.74 Å². The molecular weight excluding hydrogens is 410 g/mol. The van der Waals surface area contributed by atoms with Crippen LogP contribution >= 0.6 is 31.9 Å². The maximum Gasteiger partial charge on any atom is 0.262 e. The number of hydrogen-bond acceptors (Lipinski definition) is 2. The van der Waals surface area contributed by atoms with Crippen LogP contribution in [0, 0.1) is 6.92 Å². The number of amides is 1. The van der Waals surface area contributed by atoms with Crippen LogP contribution < -0.4 is 10.1 Å². The van der Waals surface area contributed by atoms with Crippen molar-refractivity contribution >= 4 is 43.5 Å². The minimum Gasteiger partial charge on any atom is -0.483 e. The van der Waals surface area contributed by atoms with Crippen LogP contribution in [0.25, 0.3) is 0 Å². The highest BCUT2D eigenvalue weighted by Gasteiger charge is 2.08. The van der Waals surface area contributed by atoms with Crippen LogP contribution in [0.15, 0.2) is 45.3 Å². The molecule has 2 aromatic carbocycles. The van der Waals surface area contributed by atoms with E-state index < -0.39 is 0 Å². The van der Waals surface area contributed by atoms with Crippen molar-refractivity contribution in [2.45, 2.75) is 20.3 Å². The van der Waals surface area contributed by atoms with E-state index in [1.807, 2.05) is 43.3 Å². The Balaban J connectivity index is 1.95. The van der Waals surface area contributed by atoms with Gasteiger partial charge < -0.3 is 10.1 Å². The molecule has 2 rings (SSSR count). The van der Waals surface area contributed by atoms with Crippen molar-refractivity contribution in [3.05, 3.63) is 56.5 Å². The zero-order valence-corrected chi connectivity index (χ0v) is 15.6. The lowest BCUT2D eigenvalue weighted by Crippen LogP contribution is -2.20. The van der Waals surface area contributed by atoms with E-state index in [0.29, 0.717) is 5.75 Å². The summed E-state index contributed by atoms with van der Waals surface area (Å²) in [5.41, 5.74) is 3.00. The number of nitrogens with one attached hydrogen (secondary N) is 1. The van der Waals surface area contributed by atoms with Crippen molar-refractivity contribution in [2.75, 3.05) is 11.9 Å². The molecule has 0 atom stereocenters. The largest absolute Gasteiger partial charge is 0.483 e. The highest BCUT2D eigenvalue weighted by atomic mass is 79.9. The van der Waals surface area contributed by atoms with Gasteiger partial charge in [0.1, 0.15) is 5.75 Å². The molecule has 0 aliphatic rings. The molecule has 0 radical (unpaired) electrons. The monoisotopic (exact) mass is 425 g/mol. The van der Waals surface area contributed by atoms with Gasteiger partial charge in [0.15, 0.2) is 6.61 Å². The van der Waals surface area contributed by atoms with Gasteiger partial charge in [0.25, 0.3) is 5.91 Å². The molecule has 0 heterocycles. The summed E-state index contributed by atoms with van der Waals surface area (Å²) in [6.45, 7) is 4.01. The first kappa shape index (κ1) is 17.0. The molecule has 116 valence electrons. The second-order valence-corrected chi connectivity index (χ2v) is 6.68. The minimum atomic E-state index is -0.183. The van der Waals surface area contributed by atoms with E-state index in [2.05, 4.69) is 44.1 Å². The number of ether oxygens (including phenoxy) is 1. The summed E-state index contributed by atoms with van der Waals surface area (Å²) in [6.07, 6.45) is 0.961. The molecule has 22 heavy (non-hydrogen) atoms. The predicted molar refractivity (Wildman–Crippen MR) is 96.5 cm³/mol. The smallest absolute Gasteiger partial charge is 0.262 e. The lowest BCUT2D eigenvalue weighted by Gasteiger charge is -2.11. The summed E-state index contributed by atoms with van der Waals surface area (Å²) < 4.78 is 7.41. The molecule has 0 bridgehead atoms. The first-order chi connectivity index (χ1) is 10.5. The zero-order valence-electron chi connectivity index (χ0n) is 12.5. The van der Waals surface area contributed by atoms with Crippen LogP contribution in [-0.4, -0.2) is 12.5 Å². The Morgan fingerprint density at radius 3 is 2.59 bits per heavy atom. The predicted octanol–water partition coefficient (Wildman–Crippen LogP) is 5.10. The van der Waals surface area contributed by atoms with Gasteiger partial charge in [-0.3, -0.25) is 4.79 Å².